The molecule has 3 rings (SSSR count). The minimum atomic E-state index is -0.183. The van der Waals surface area contributed by atoms with Crippen LogP contribution in [0.15, 0.2) is 54.6 Å². The Hall–Kier alpha value is -2.53. The van der Waals surface area contributed by atoms with Gasteiger partial charge in [-0.25, -0.2) is 4.79 Å². The second-order valence-electron chi connectivity index (χ2n) is 6.93. The van der Waals surface area contributed by atoms with Crippen LogP contribution in [0.1, 0.15) is 18.9 Å². The number of hydrogen-bond acceptors (Lipinski definition) is 2. The highest BCUT2D eigenvalue weighted by molar-refractivity contribution is 6.31. The van der Waals surface area contributed by atoms with Gasteiger partial charge in [-0.1, -0.05) is 54.9 Å². The fourth-order valence-electron chi connectivity index (χ4n) is 3.22. The van der Waals surface area contributed by atoms with Gasteiger partial charge in [0, 0.05) is 35.8 Å². The molecule has 0 radical (unpaired) electrons. The molecule has 0 bridgehead atoms. The number of likely N-dealkylation sites (tertiary alicyclic amines) is 1. The largest absolute Gasteiger partial charge is 0.351 e. The van der Waals surface area contributed by atoms with Crippen LogP contribution < -0.4 is 10.6 Å². The number of anilines is 1. The van der Waals surface area contributed by atoms with Crippen LogP contribution >= 0.6 is 11.6 Å². The van der Waals surface area contributed by atoms with Crippen molar-refractivity contribution in [2.24, 2.45) is 5.92 Å². The Kier molecular flexibility index (Phi) is 6.35. The van der Waals surface area contributed by atoms with Crippen LogP contribution in [0.5, 0.6) is 0 Å². The first-order valence-corrected chi connectivity index (χ1v) is 9.55. The second-order valence-corrected chi connectivity index (χ2v) is 7.34. The van der Waals surface area contributed by atoms with E-state index in [0.717, 1.165) is 17.7 Å². The molecule has 142 valence electrons. The van der Waals surface area contributed by atoms with Gasteiger partial charge in [0.1, 0.15) is 0 Å². The van der Waals surface area contributed by atoms with Gasteiger partial charge in [-0.05, 0) is 36.6 Å². The zero-order valence-electron chi connectivity index (χ0n) is 15.3. The molecule has 1 fully saturated rings. The lowest BCUT2D eigenvalue weighted by Gasteiger charge is -2.19. The molecule has 0 unspecified atom stereocenters. The number of rotatable bonds is 5. The maximum Gasteiger partial charge on any atom is 0.321 e. The number of para-hydroxylation sites is 1. The van der Waals surface area contributed by atoms with Crippen molar-refractivity contribution in [1.29, 1.82) is 0 Å². The van der Waals surface area contributed by atoms with Crippen molar-refractivity contribution in [3.8, 4) is 0 Å². The summed E-state index contributed by atoms with van der Waals surface area (Å²) in [7, 11) is 0. The molecule has 27 heavy (non-hydrogen) atoms. The molecule has 0 aromatic heterocycles. The van der Waals surface area contributed by atoms with Crippen molar-refractivity contribution in [2.45, 2.75) is 25.8 Å². The maximum absolute atomic E-state index is 12.5. The first-order valence-electron chi connectivity index (χ1n) is 9.17. The normalized spacial score (nSPS) is 17.4. The molecule has 2 atom stereocenters. The summed E-state index contributed by atoms with van der Waals surface area (Å²) < 4.78 is 0. The molecule has 1 heterocycles. The van der Waals surface area contributed by atoms with Gasteiger partial charge in [-0.15, -0.1) is 0 Å². The van der Waals surface area contributed by atoms with Gasteiger partial charge in [0.25, 0.3) is 0 Å². The summed E-state index contributed by atoms with van der Waals surface area (Å²) in [6, 6.07) is 16.8. The summed E-state index contributed by atoms with van der Waals surface area (Å²) in [5, 5.41) is 6.62. The smallest absolute Gasteiger partial charge is 0.321 e. The standard InChI is InChI=1S/C21H24ClN3O2/c1-15(13-16-7-5-6-10-19(16)22)20(26)23-18-11-12-25(14-18)21(27)24-17-8-3-2-4-9-17/h2-10,15,18H,11-14H2,1H3,(H,23,26)(H,24,27)/t15-,18+/m1/s1. The van der Waals surface area contributed by atoms with Gasteiger partial charge < -0.3 is 15.5 Å². The highest BCUT2D eigenvalue weighted by atomic mass is 35.5. The van der Waals surface area contributed by atoms with E-state index >= 15 is 0 Å². The number of carbonyl (C=O) groups excluding carboxylic acids is 2. The van der Waals surface area contributed by atoms with Crippen molar-refractivity contribution in [2.75, 3.05) is 18.4 Å². The van der Waals surface area contributed by atoms with E-state index in [9.17, 15) is 9.59 Å². The van der Waals surface area contributed by atoms with Crippen LogP contribution in [0.25, 0.3) is 0 Å². The minimum Gasteiger partial charge on any atom is -0.351 e. The number of carbonyl (C=O) groups is 2. The molecule has 2 aromatic carbocycles. The van der Waals surface area contributed by atoms with E-state index in [0.29, 0.717) is 24.5 Å². The highest BCUT2D eigenvalue weighted by Crippen LogP contribution is 2.19. The molecular weight excluding hydrogens is 362 g/mol. The van der Waals surface area contributed by atoms with E-state index in [1.807, 2.05) is 61.5 Å². The summed E-state index contributed by atoms with van der Waals surface area (Å²) in [6.45, 7) is 3.04. The lowest BCUT2D eigenvalue weighted by atomic mass is 10.00. The third-order valence-electron chi connectivity index (χ3n) is 4.78. The Morgan fingerprint density at radius 1 is 1.15 bits per heavy atom. The third kappa shape index (κ3) is 5.23. The van der Waals surface area contributed by atoms with Crippen LogP contribution in [0.2, 0.25) is 5.02 Å². The Balaban J connectivity index is 1.48. The molecule has 1 aliphatic rings. The average Bonchev–Trinajstić information content (AvgIpc) is 3.13. The number of nitrogens with zero attached hydrogens (tertiary/aromatic N) is 1. The molecule has 5 nitrogen and oxygen atoms in total. The predicted molar refractivity (Wildman–Crippen MR) is 108 cm³/mol. The summed E-state index contributed by atoms with van der Waals surface area (Å²) >= 11 is 6.18. The molecule has 2 N–H and O–H groups in total. The molecular formula is C21H24ClN3O2. The number of hydrogen-bond donors (Lipinski definition) is 2. The second kappa shape index (κ2) is 8.91. The quantitative estimate of drug-likeness (QED) is 0.818. The van der Waals surface area contributed by atoms with Crippen LogP contribution in [-0.2, 0) is 11.2 Å². The van der Waals surface area contributed by atoms with Crippen LogP contribution in [0.3, 0.4) is 0 Å². The fourth-order valence-corrected chi connectivity index (χ4v) is 3.43. The van der Waals surface area contributed by atoms with Gasteiger partial charge in [-0.2, -0.15) is 0 Å². The van der Waals surface area contributed by atoms with Crippen LogP contribution in [-0.4, -0.2) is 36.0 Å². The van der Waals surface area contributed by atoms with Crippen molar-refractivity contribution >= 4 is 29.2 Å². The van der Waals surface area contributed by atoms with Crippen LogP contribution in [0.4, 0.5) is 10.5 Å². The van der Waals surface area contributed by atoms with Gasteiger partial charge >= 0.3 is 6.03 Å². The first kappa shape index (κ1) is 19.2. The van der Waals surface area contributed by atoms with Crippen molar-refractivity contribution in [1.82, 2.24) is 10.2 Å². The van der Waals surface area contributed by atoms with Crippen molar-refractivity contribution in [3.63, 3.8) is 0 Å². The number of nitrogens with one attached hydrogen (secondary N) is 2. The lowest BCUT2D eigenvalue weighted by molar-refractivity contribution is -0.125. The van der Waals surface area contributed by atoms with E-state index in [1.54, 1.807) is 4.90 Å². The number of halogens is 1. The molecule has 3 amide bonds. The molecule has 1 aliphatic heterocycles. The Morgan fingerprint density at radius 3 is 2.59 bits per heavy atom. The SMILES string of the molecule is C[C@H](Cc1ccccc1Cl)C(=O)N[C@H]1CCN(C(=O)Nc2ccccc2)C1. The summed E-state index contributed by atoms with van der Waals surface area (Å²) in [5.41, 5.74) is 1.74. The highest BCUT2D eigenvalue weighted by Gasteiger charge is 2.28. The van der Waals surface area contributed by atoms with Gasteiger partial charge in [0.05, 0.1) is 0 Å². The topological polar surface area (TPSA) is 61.4 Å². The van der Waals surface area contributed by atoms with E-state index in [2.05, 4.69) is 10.6 Å². The zero-order valence-corrected chi connectivity index (χ0v) is 16.1. The number of benzene rings is 2. The van der Waals surface area contributed by atoms with E-state index < -0.39 is 0 Å². The average molecular weight is 386 g/mol. The molecule has 1 saturated heterocycles. The van der Waals surface area contributed by atoms with E-state index in [1.165, 1.54) is 0 Å². The van der Waals surface area contributed by atoms with Gasteiger partial charge in [0.15, 0.2) is 0 Å². The van der Waals surface area contributed by atoms with Gasteiger partial charge in [-0.3, -0.25) is 4.79 Å². The van der Waals surface area contributed by atoms with Gasteiger partial charge in [0.2, 0.25) is 5.91 Å². The van der Waals surface area contributed by atoms with Crippen molar-refractivity contribution in [3.05, 3.63) is 65.2 Å². The molecule has 0 saturated carbocycles. The Morgan fingerprint density at radius 2 is 1.85 bits per heavy atom. The third-order valence-corrected chi connectivity index (χ3v) is 5.15. The Labute approximate surface area is 164 Å². The van der Waals surface area contributed by atoms with E-state index in [-0.39, 0.29) is 23.9 Å². The monoisotopic (exact) mass is 385 g/mol. The maximum atomic E-state index is 12.5. The summed E-state index contributed by atoms with van der Waals surface area (Å²) in [5.74, 6) is -0.192. The molecule has 6 heteroatoms. The first-order chi connectivity index (χ1) is 13.0. The van der Waals surface area contributed by atoms with Crippen molar-refractivity contribution < 1.29 is 9.59 Å². The summed E-state index contributed by atoms with van der Waals surface area (Å²) in [6.07, 6.45) is 1.35. The zero-order chi connectivity index (χ0) is 19.2. The van der Waals surface area contributed by atoms with E-state index in [4.69, 9.17) is 11.6 Å². The molecule has 2 aromatic rings. The predicted octanol–water partition coefficient (Wildman–Crippen LogP) is 3.94. The number of urea groups is 1. The molecule has 0 spiro atoms. The lowest BCUT2D eigenvalue weighted by Crippen LogP contribution is -2.42. The van der Waals surface area contributed by atoms with Crippen LogP contribution in [0, 0.1) is 5.92 Å². The fraction of sp³-hybridized carbons (Fsp3) is 0.333. The summed E-state index contributed by atoms with van der Waals surface area (Å²) in [4.78, 5) is 26.6. The number of amides is 3. The Bertz CT molecular complexity index is 797. The minimum absolute atomic E-state index is 0.00904. The molecule has 0 aliphatic carbocycles.